The number of rotatable bonds is 2. The van der Waals surface area contributed by atoms with Crippen LogP contribution >= 0.6 is 0 Å². The summed E-state index contributed by atoms with van der Waals surface area (Å²) in [5.74, 6) is 0.362. The lowest BCUT2D eigenvalue weighted by Crippen LogP contribution is -2.46. The van der Waals surface area contributed by atoms with Crippen molar-refractivity contribution in [1.82, 2.24) is 4.98 Å². The number of benzene rings is 1. The highest BCUT2D eigenvalue weighted by atomic mass is 16.3. The van der Waals surface area contributed by atoms with E-state index < -0.39 is 0 Å². The number of piperazine rings is 1. The van der Waals surface area contributed by atoms with E-state index in [9.17, 15) is 5.11 Å². The molecule has 1 aliphatic rings. The maximum Gasteiger partial charge on any atom is 0.138 e. The molecule has 4 nitrogen and oxygen atoms in total. The number of aromatic hydroxyl groups is 1. The Bertz CT molecular complexity index is 592. The van der Waals surface area contributed by atoms with E-state index in [0.29, 0.717) is 5.75 Å². The first-order valence-corrected chi connectivity index (χ1v) is 6.94. The van der Waals surface area contributed by atoms with Gasteiger partial charge < -0.3 is 14.9 Å². The predicted molar refractivity (Wildman–Crippen MR) is 81.5 cm³/mol. The zero-order valence-electron chi connectivity index (χ0n) is 11.7. The summed E-state index contributed by atoms with van der Waals surface area (Å²) in [6.45, 7) is 5.76. The standard InChI is InChI=1S/C16H19N3O/c1-13-12-14(6-7-17-13)18-8-10-19(11-9-18)15-4-2-3-5-16(15)20/h2-7,12,20H,8-11H2,1H3. The highest BCUT2D eigenvalue weighted by molar-refractivity contribution is 5.59. The maximum atomic E-state index is 9.92. The van der Waals surface area contributed by atoms with Crippen LogP contribution in [0.1, 0.15) is 5.69 Å². The summed E-state index contributed by atoms with van der Waals surface area (Å²) in [5, 5.41) is 9.92. The molecule has 1 fully saturated rings. The minimum Gasteiger partial charge on any atom is -0.506 e. The fraction of sp³-hybridized carbons (Fsp3) is 0.312. The molecule has 4 heteroatoms. The molecule has 0 atom stereocenters. The third-order valence-corrected chi connectivity index (χ3v) is 3.75. The quantitative estimate of drug-likeness (QED) is 0.909. The Balaban J connectivity index is 1.70. The predicted octanol–water partition coefficient (Wildman–Crippen LogP) is 2.42. The number of aromatic nitrogens is 1. The van der Waals surface area contributed by atoms with E-state index in [0.717, 1.165) is 37.6 Å². The number of hydrogen-bond donors (Lipinski definition) is 1. The second-order valence-electron chi connectivity index (χ2n) is 5.12. The van der Waals surface area contributed by atoms with Gasteiger partial charge in [-0.2, -0.15) is 0 Å². The van der Waals surface area contributed by atoms with Gasteiger partial charge in [0.1, 0.15) is 5.75 Å². The Morgan fingerprint density at radius 2 is 1.70 bits per heavy atom. The summed E-state index contributed by atoms with van der Waals surface area (Å²) in [6, 6.07) is 11.7. The third-order valence-electron chi connectivity index (χ3n) is 3.75. The molecule has 1 N–H and O–H groups in total. The number of phenols is 1. The van der Waals surface area contributed by atoms with Gasteiger partial charge in [0.2, 0.25) is 0 Å². The Kier molecular flexibility index (Phi) is 3.46. The highest BCUT2D eigenvalue weighted by Gasteiger charge is 2.19. The summed E-state index contributed by atoms with van der Waals surface area (Å²) >= 11 is 0. The van der Waals surface area contributed by atoms with Gasteiger partial charge in [-0.15, -0.1) is 0 Å². The second-order valence-corrected chi connectivity index (χ2v) is 5.12. The lowest BCUT2D eigenvalue weighted by atomic mass is 10.2. The monoisotopic (exact) mass is 269 g/mol. The van der Waals surface area contributed by atoms with Crippen LogP contribution in [-0.4, -0.2) is 36.3 Å². The molecule has 0 aliphatic carbocycles. The molecule has 1 aromatic heterocycles. The van der Waals surface area contributed by atoms with Crippen molar-refractivity contribution < 1.29 is 5.11 Å². The molecule has 0 saturated carbocycles. The van der Waals surface area contributed by atoms with Crippen LogP contribution in [0.4, 0.5) is 11.4 Å². The van der Waals surface area contributed by atoms with Crippen LogP contribution in [0.25, 0.3) is 0 Å². The molecule has 0 radical (unpaired) electrons. The van der Waals surface area contributed by atoms with Crippen LogP contribution < -0.4 is 9.80 Å². The molecule has 2 heterocycles. The molecule has 2 aromatic rings. The second kappa shape index (κ2) is 5.41. The Labute approximate surface area is 119 Å². The normalized spacial score (nSPS) is 15.4. The molecule has 20 heavy (non-hydrogen) atoms. The SMILES string of the molecule is Cc1cc(N2CCN(c3ccccc3O)CC2)ccn1. The van der Waals surface area contributed by atoms with Gasteiger partial charge in [0.25, 0.3) is 0 Å². The molecule has 1 saturated heterocycles. The first kappa shape index (κ1) is 12.8. The van der Waals surface area contributed by atoms with Gasteiger partial charge in [0.15, 0.2) is 0 Å². The lowest BCUT2D eigenvalue weighted by Gasteiger charge is -2.37. The zero-order valence-corrected chi connectivity index (χ0v) is 11.7. The number of nitrogens with zero attached hydrogens (tertiary/aromatic N) is 3. The summed E-state index contributed by atoms with van der Waals surface area (Å²) in [6.07, 6.45) is 1.86. The minimum atomic E-state index is 0.362. The largest absolute Gasteiger partial charge is 0.506 e. The number of aryl methyl sites for hydroxylation is 1. The summed E-state index contributed by atoms with van der Waals surface area (Å²) in [7, 11) is 0. The van der Waals surface area contributed by atoms with Crippen molar-refractivity contribution >= 4 is 11.4 Å². The molecular weight excluding hydrogens is 250 g/mol. The first-order chi connectivity index (χ1) is 9.74. The molecule has 0 amide bonds. The Hall–Kier alpha value is -2.23. The van der Waals surface area contributed by atoms with Crippen molar-refractivity contribution in [3.05, 3.63) is 48.3 Å². The van der Waals surface area contributed by atoms with Crippen LogP contribution in [0.5, 0.6) is 5.75 Å². The van der Waals surface area contributed by atoms with Gasteiger partial charge in [-0.3, -0.25) is 4.98 Å². The first-order valence-electron chi connectivity index (χ1n) is 6.94. The van der Waals surface area contributed by atoms with Gasteiger partial charge in [-0.05, 0) is 31.2 Å². The van der Waals surface area contributed by atoms with Crippen LogP contribution in [0.15, 0.2) is 42.6 Å². The van der Waals surface area contributed by atoms with E-state index in [2.05, 4.69) is 26.9 Å². The summed E-state index contributed by atoms with van der Waals surface area (Å²) in [5.41, 5.74) is 3.21. The average molecular weight is 269 g/mol. The van der Waals surface area contributed by atoms with E-state index in [1.54, 1.807) is 6.07 Å². The van der Waals surface area contributed by atoms with Gasteiger partial charge in [-0.1, -0.05) is 12.1 Å². The number of pyridine rings is 1. The van der Waals surface area contributed by atoms with Crippen LogP contribution in [0.2, 0.25) is 0 Å². The molecule has 1 aromatic carbocycles. The Morgan fingerprint density at radius 1 is 1.00 bits per heavy atom. The van der Waals surface area contributed by atoms with E-state index in [-0.39, 0.29) is 0 Å². The highest BCUT2D eigenvalue weighted by Crippen LogP contribution is 2.28. The molecule has 104 valence electrons. The van der Waals surface area contributed by atoms with E-state index in [1.807, 2.05) is 31.3 Å². The third kappa shape index (κ3) is 2.54. The van der Waals surface area contributed by atoms with E-state index in [4.69, 9.17) is 0 Å². The number of phenolic OH excluding ortho intramolecular Hbond substituents is 1. The zero-order chi connectivity index (χ0) is 13.9. The minimum absolute atomic E-state index is 0.362. The lowest BCUT2D eigenvalue weighted by molar-refractivity contribution is 0.472. The van der Waals surface area contributed by atoms with Crippen LogP contribution in [0, 0.1) is 6.92 Å². The van der Waals surface area contributed by atoms with Gasteiger partial charge >= 0.3 is 0 Å². The summed E-state index contributed by atoms with van der Waals surface area (Å²) in [4.78, 5) is 8.84. The molecular formula is C16H19N3O. The number of anilines is 2. The van der Waals surface area contributed by atoms with Gasteiger partial charge in [0.05, 0.1) is 5.69 Å². The average Bonchev–Trinajstić information content (AvgIpc) is 2.48. The van der Waals surface area contributed by atoms with Crippen molar-refractivity contribution in [2.24, 2.45) is 0 Å². The molecule has 0 unspecified atom stereocenters. The molecule has 3 rings (SSSR count). The van der Waals surface area contributed by atoms with E-state index in [1.165, 1.54) is 5.69 Å². The number of para-hydroxylation sites is 2. The Morgan fingerprint density at radius 3 is 2.40 bits per heavy atom. The fourth-order valence-electron chi connectivity index (χ4n) is 2.66. The summed E-state index contributed by atoms with van der Waals surface area (Å²) < 4.78 is 0. The van der Waals surface area contributed by atoms with Crippen molar-refractivity contribution in [1.29, 1.82) is 0 Å². The maximum absolute atomic E-state index is 9.92. The van der Waals surface area contributed by atoms with Gasteiger partial charge in [0, 0.05) is 43.8 Å². The molecule has 0 spiro atoms. The van der Waals surface area contributed by atoms with Crippen LogP contribution in [0.3, 0.4) is 0 Å². The fourth-order valence-corrected chi connectivity index (χ4v) is 2.66. The van der Waals surface area contributed by atoms with E-state index >= 15 is 0 Å². The molecule has 1 aliphatic heterocycles. The van der Waals surface area contributed by atoms with Crippen molar-refractivity contribution in [2.45, 2.75) is 6.92 Å². The molecule has 0 bridgehead atoms. The smallest absolute Gasteiger partial charge is 0.138 e. The van der Waals surface area contributed by atoms with Crippen LogP contribution in [-0.2, 0) is 0 Å². The van der Waals surface area contributed by atoms with Crippen molar-refractivity contribution in [2.75, 3.05) is 36.0 Å². The van der Waals surface area contributed by atoms with Gasteiger partial charge in [-0.25, -0.2) is 0 Å². The van der Waals surface area contributed by atoms with Crippen molar-refractivity contribution in [3.8, 4) is 5.75 Å². The number of hydrogen-bond acceptors (Lipinski definition) is 4. The van der Waals surface area contributed by atoms with Crippen molar-refractivity contribution in [3.63, 3.8) is 0 Å². The topological polar surface area (TPSA) is 39.6 Å².